The van der Waals surface area contributed by atoms with E-state index in [-0.39, 0.29) is 5.92 Å². The van der Waals surface area contributed by atoms with Crippen molar-refractivity contribution in [3.05, 3.63) is 44.3 Å². The van der Waals surface area contributed by atoms with Gasteiger partial charge in [-0.1, -0.05) is 6.07 Å². The van der Waals surface area contributed by atoms with Crippen molar-refractivity contribution in [1.82, 2.24) is 5.32 Å². The van der Waals surface area contributed by atoms with E-state index in [9.17, 15) is 4.79 Å². The quantitative estimate of drug-likeness (QED) is 0.649. The number of allylic oxidation sites excluding steroid dienone is 2. The number of dihydropyridines is 1. The van der Waals surface area contributed by atoms with Crippen LogP contribution in [0.1, 0.15) is 17.7 Å². The van der Waals surface area contributed by atoms with Gasteiger partial charge in [0.25, 0.3) is 0 Å². The summed E-state index contributed by atoms with van der Waals surface area (Å²) in [5.41, 5.74) is 1.66. The van der Waals surface area contributed by atoms with Crippen LogP contribution in [0.3, 0.4) is 0 Å². The molecule has 0 aromatic carbocycles. The van der Waals surface area contributed by atoms with Gasteiger partial charge in [0.15, 0.2) is 0 Å². The molecule has 2 rings (SSSR count). The Morgan fingerprint density at radius 1 is 1.63 bits per heavy atom. The number of methoxy groups -OCH3 is 1. The normalized spacial score (nSPS) is 18.9. The average Bonchev–Trinajstić information content (AvgIpc) is 2.93. The van der Waals surface area contributed by atoms with Crippen molar-refractivity contribution in [3.8, 4) is 6.07 Å². The number of hydrogen-bond donors (Lipinski definition) is 2. The Bertz CT molecular complexity index is 609. The van der Waals surface area contributed by atoms with Gasteiger partial charge >= 0.3 is 5.97 Å². The lowest BCUT2D eigenvalue weighted by Crippen LogP contribution is -2.27. The molecule has 0 spiro atoms. The fourth-order valence-corrected chi connectivity index (χ4v) is 3.27. The number of rotatable bonds is 2. The van der Waals surface area contributed by atoms with Crippen molar-refractivity contribution >= 4 is 29.9 Å². The molecule has 1 unspecified atom stereocenters. The Morgan fingerprint density at radius 2 is 2.37 bits per heavy atom. The van der Waals surface area contributed by atoms with Gasteiger partial charge < -0.3 is 10.1 Å². The summed E-state index contributed by atoms with van der Waals surface area (Å²) in [6.45, 7) is 1.83. The second-order valence-corrected chi connectivity index (χ2v) is 5.42. The second-order valence-electron chi connectivity index (χ2n) is 4.00. The molecule has 2 heterocycles. The average molecular weight is 292 g/mol. The van der Waals surface area contributed by atoms with Crippen molar-refractivity contribution in [2.24, 2.45) is 0 Å². The van der Waals surface area contributed by atoms with Gasteiger partial charge in [-0.15, -0.1) is 24.0 Å². The molecule has 0 radical (unpaired) electrons. The summed E-state index contributed by atoms with van der Waals surface area (Å²) in [7, 11) is 1.33. The van der Waals surface area contributed by atoms with Crippen LogP contribution in [-0.2, 0) is 9.53 Å². The Kier molecular flexibility index (Phi) is 3.98. The topological polar surface area (TPSA) is 62.1 Å². The summed E-state index contributed by atoms with van der Waals surface area (Å²) in [4.78, 5) is 12.9. The molecular formula is C13H12N2O2S2. The maximum Gasteiger partial charge on any atom is 0.337 e. The number of nitriles is 1. The van der Waals surface area contributed by atoms with E-state index in [1.807, 2.05) is 24.4 Å². The summed E-state index contributed by atoms with van der Waals surface area (Å²) in [6.07, 6.45) is 0. The van der Waals surface area contributed by atoms with Crippen molar-refractivity contribution in [2.75, 3.05) is 7.11 Å². The summed E-state index contributed by atoms with van der Waals surface area (Å²) in [5.74, 6) is -0.719. The SMILES string of the molecule is COC(=O)C1=C(S)NC(C#N)=C(C)C1c1cccs1. The highest BCUT2D eigenvalue weighted by Crippen LogP contribution is 2.40. The Morgan fingerprint density at radius 3 is 2.89 bits per heavy atom. The van der Waals surface area contributed by atoms with Crippen LogP contribution < -0.4 is 5.32 Å². The number of ether oxygens (including phenoxy) is 1. The molecule has 1 atom stereocenters. The lowest BCUT2D eigenvalue weighted by atomic mass is 9.87. The van der Waals surface area contributed by atoms with E-state index >= 15 is 0 Å². The van der Waals surface area contributed by atoms with E-state index < -0.39 is 5.97 Å². The van der Waals surface area contributed by atoms with Crippen LogP contribution in [0.5, 0.6) is 0 Å². The standard InChI is InChI=1S/C13H12N2O2S2/c1-7-8(6-14)15-12(18)11(13(16)17-2)10(7)9-4-3-5-19-9/h3-5,10,15,18H,1-2H3. The summed E-state index contributed by atoms with van der Waals surface area (Å²) in [5, 5.41) is 14.3. The van der Waals surface area contributed by atoms with E-state index in [0.29, 0.717) is 16.3 Å². The first-order valence-corrected chi connectivity index (χ1v) is 6.85. The summed E-state index contributed by atoms with van der Waals surface area (Å²) in [6, 6.07) is 5.94. The zero-order valence-electron chi connectivity index (χ0n) is 10.4. The van der Waals surface area contributed by atoms with Crippen molar-refractivity contribution in [3.63, 3.8) is 0 Å². The first kappa shape index (κ1) is 13.7. The maximum absolute atomic E-state index is 12.0. The third-order valence-corrected chi connectivity index (χ3v) is 4.25. The second kappa shape index (κ2) is 5.51. The molecule has 4 nitrogen and oxygen atoms in total. The fourth-order valence-electron chi connectivity index (χ4n) is 2.03. The zero-order valence-corrected chi connectivity index (χ0v) is 12.1. The minimum Gasteiger partial charge on any atom is -0.466 e. The highest BCUT2D eigenvalue weighted by atomic mass is 32.1. The molecule has 0 saturated heterocycles. The van der Waals surface area contributed by atoms with Crippen LogP contribution in [0.2, 0.25) is 0 Å². The molecule has 98 valence electrons. The number of esters is 1. The van der Waals surface area contributed by atoms with E-state index in [2.05, 4.69) is 24.0 Å². The molecule has 0 fully saturated rings. The number of carbonyl (C=O) groups is 1. The van der Waals surface area contributed by atoms with Crippen LogP contribution in [-0.4, -0.2) is 13.1 Å². The molecule has 1 aliphatic rings. The molecule has 1 aromatic rings. The Hall–Kier alpha value is -1.71. The van der Waals surface area contributed by atoms with Crippen molar-refractivity contribution in [1.29, 1.82) is 5.26 Å². The molecule has 0 aliphatic carbocycles. The zero-order chi connectivity index (χ0) is 14.0. The molecule has 6 heteroatoms. The molecule has 0 saturated carbocycles. The lowest BCUT2D eigenvalue weighted by molar-refractivity contribution is -0.136. The largest absolute Gasteiger partial charge is 0.466 e. The monoisotopic (exact) mass is 292 g/mol. The van der Waals surface area contributed by atoms with Crippen molar-refractivity contribution in [2.45, 2.75) is 12.8 Å². The number of nitrogens with zero attached hydrogens (tertiary/aromatic N) is 1. The van der Waals surface area contributed by atoms with Gasteiger partial charge in [0.1, 0.15) is 11.8 Å². The smallest absolute Gasteiger partial charge is 0.337 e. The van der Waals surface area contributed by atoms with Gasteiger partial charge in [0.2, 0.25) is 0 Å². The highest BCUT2D eigenvalue weighted by Gasteiger charge is 2.33. The van der Waals surface area contributed by atoms with Gasteiger partial charge in [-0.05, 0) is 23.9 Å². The third kappa shape index (κ3) is 2.39. The minimum absolute atomic E-state index is 0.282. The first-order valence-electron chi connectivity index (χ1n) is 5.52. The molecule has 1 aromatic heterocycles. The number of thiophene rings is 1. The Balaban J connectivity index is 2.59. The molecule has 19 heavy (non-hydrogen) atoms. The van der Waals surface area contributed by atoms with E-state index in [1.54, 1.807) is 0 Å². The minimum atomic E-state index is -0.438. The summed E-state index contributed by atoms with van der Waals surface area (Å²) >= 11 is 5.81. The van der Waals surface area contributed by atoms with E-state index in [0.717, 1.165) is 10.5 Å². The van der Waals surface area contributed by atoms with Gasteiger partial charge in [0, 0.05) is 4.88 Å². The van der Waals surface area contributed by atoms with Gasteiger partial charge in [0.05, 0.1) is 23.6 Å². The van der Waals surface area contributed by atoms with E-state index in [4.69, 9.17) is 10.00 Å². The molecular weight excluding hydrogens is 280 g/mol. The Labute approximate surface area is 120 Å². The van der Waals surface area contributed by atoms with Crippen LogP contribution in [0.4, 0.5) is 0 Å². The van der Waals surface area contributed by atoms with Crippen LogP contribution in [0.25, 0.3) is 0 Å². The predicted molar refractivity (Wildman–Crippen MR) is 76.5 cm³/mol. The van der Waals surface area contributed by atoms with Crippen LogP contribution in [0.15, 0.2) is 39.4 Å². The summed E-state index contributed by atoms with van der Waals surface area (Å²) < 4.78 is 4.82. The molecule has 0 bridgehead atoms. The predicted octanol–water partition coefficient (Wildman–Crippen LogP) is 2.55. The third-order valence-electron chi connectivity index (χ3n) is 2.96. The highest BCUT2D eigenvalue weighted by molar-refractivity contribution is 7.84. The molecule has 0 amide bonds. The van der Waals surface area contributed by atoms with E-state index in [1.165, 1.54) is 18.4 Å². The fraction of sp³-hybridized carbons (Fsp3) is 0.231. The maximum atomic E-state index is 12.0. The number of nitrogens with one attached hydrogen (secondary N) is 1. The molecule has 1 N–H and O–H groups in total. The van der Waals surface area contributed by atoms with Crippen LogP contribution >= 0.6 is 24.0 Å². The van der Waals surface area contributed by atoms with Gasteiger partial charge in [-0.2, -0.15) is 5.26 Å². The number of hydrogen-bond acceptors (Lipinski definition) is 6. The lowest BCUT2D eigenvalue weighted by Gasteiger charge is -2.26. The van der Waals surface area contributed by atoms with Gasteiger partial charge in [-0.3, -0.25) is 0 Å². The van der Waals surface area contributed by atoms with Crippen molar-refractivity contribution < 1.29 is 9.53 Å². The number of thiol groups is 1. The number of carbonyl (C=O) groups excluding carboxylic acids is 1. The first-order chi connectivity index (χ1) is 9.10. The molecule has 1 aliphatic heterocycles. The van der Waals surface area contributed by atoms with Crippen LogP contribution in [0, 0.1) is 11.3 Å². The van der Waals surface area contributed by atoms with Gasteiger partial charge in [-0.25, -0.2) is 4.79 Å².